The lowest BCUT2D eigenvalue weighted by Gasteiger charge is -2.59. The highest BCUT2D eigenvalue weighted by Crippen LogP contribution is 2.38. The molecule has 1 rings (SSSR count). The van der Waals surface area contributed by atoms with E-state index in [-0.39, 0.29) is 6.10 Å². The second-order valence-corrected chi connectivity index (χ2v) is 5.59. The van der Waals surface area contributed by atoms with Gasteiger partial charge in [0.15, 0.2) is 0 Å². The highest BCUT2D eigenvalue weighted by Gasteiger charge is 2.41. The van der Waals surface area contributed by atoms with Crippen LogP contribution in [0, 0.1) is 5.21 Å². The molecule has 1 fully saturated rings. The van der Waals surface area contributed by atoms with Gasteiger partial charge in [-0.1, -0.05) is 6.58 Å². The summed E-state index contributed by atoms with van der Waals surface area (Å²) in [5, 5.41) is 13.1. The van der Waals surface area contributed by atoms with Crippen molar-refractivity contribution in [2.75, 3.05) is 0 Å². The Morgan fingerprint density at radius 1 is 1.38 bits per heavy atom. The SMILES string of the molecule is C=CC(=O)OC1CC(C)(C)N([O-])C(C)(C)C1. The third-order valence-corrected chi connectivity index (χ3v) is 3.00. The van der Waals surface area contributed by atoms with E-state index in [0.717, 1.165) is 11.1 Å². The normalized spacial score (nSPS) is 25.1. The molecule has 1 heterocycles. The van der Waals surface area contributed by atoms with E-state index in [1.54, 1.807) is 0 Å². The molecule has 0 N–H and O–H groups in total. The van der Waals surface area contributed by atoms with Crippen molar-refractivity contribution >= 4 is 5.97 Å². The molecule has 0 bridgehead atoms. The molecule has 1 saturated heterocycles. The molecule has 1 aliphatic heterocycles. The van der Waals surface area contributed by atoms with Crippen LogP contribution >= 0.6 is 0 Å². The zero-order chi connectivity index (χ0) is 12.6. The zero-order valence-electron chi connectivity index (χ0n) is 10.4. The quantitative estimate of drug-likeness (QED) is 0.535. The average molecular weight is 226 g/mol. The summed E-state index contributed by atoms with van der Waals surface area (Å²) in [5.74, 6) is -0.420. The van der Waals surface area contributed by atoms with Crippen LogP contribution in [0.25, 0.3) is 0 Å². The van der Waals surface area contributed by atoms with Crippen LogP contribution in [0.1, 0.15) is 40.5 Å². The summed E-state index contributed by atoms with van der Waals surface area (Å²) < 4.78 is 5.24. The minimum absolute atomic E-state index is 0.208. The zero-order valence-corrected chi connectivity index (χ0v) is 10.4. The van der Waals surface area contributed by atoms with Gasteiger partial charge in [-0.15, -0.1) is 0 Å². The van der Waals surface area contributed by atoms with E-state index in [1.165, 1.54) is 0 Å². The summed E-state index contributed by atoms with van der Waals surface area (Å²) in [7, 11) is 0. The van der Waals surface area contributed by atoms with Crippen molar-refractivity contribution in [3.63, 3.8) is 0 Å². The van der Waals surface area contributed by atoms with Crippen molar-refractivity contribution in [1.29, 1.82) is 0 Å². The maximum absolute atomic E-state index is 12.0. The third kappa shape index (κ3) is 2.62. The summed E-state index contributed by atoms with van der Waals surface area (Å²) in [6.07, 6.45) is 2.06. The van der Waals surface area contributed by atoms with Gasteiger partial charge in [0.1, 0.15) is 6.10 Å². The number of ether oxygens (including phenoxy) is 1. The molecule has 0 amide bonds. The van der Waals surface area contributed by atoms with Crippen molar-refractivity contribution in [2.45, 2.75) is 57.7 Å². The van der Waals surface area contributed by atoms with Crippen LogP contribution < -0.4 is 0 Å². The molecular formula is C12H20NO3-. The Kier molecular flexibility index (Phi) is 3.45. The summed E-state index contributed by atoms with van der Waals surface area (Å²) in [4.78, 5) is 11.2. The van der Waals surface area contributed by atoms with Crippen LogP contribution in [-0.2, 0) is 9.53 Å². The highest BCUT2D eigenvalue weighted by molar-refractivity contribution is 5.81. The maximum atomic E-state index is 12.0. The van der Waals surface area contributed by atoms with E-state index in [9.17, 15) is 10.0 Å². The molecule has 0 atom stereocenters. The molecule has 0 radical (unpaired) electrons. The van der Waals surface area contributed by atoms with Crippen LogP contribution in [0.5, 0.6) is 0 Å². The average Bonchev–Trinajstić information content (AvgIpc) is 2.13. The van der Waals surface area contributed by atoms with Gasteiger partial charge in [0.2, 0.25) is 0 Å². The molecule has 1 aliphatic rings. The van der Waals surface area contributed by atoms with Crippen molar-refractivity contribution < 1.29 is 9.53 Å². The number of hydrogen-bond acceptors (Lipinski definition) is 4. The van der Waals surface area contributed by atoms with Gasteiger partial charge in [0, 0.05) is 30.0 Å². The first kappa shape index (κ1) is 13.2. The first-order chi connectivity index (χ1) is 7.19. The van der Waals surface area contributed by atoms with E-state index in [2.05, 4.69) is 6.58 Å². The van der Waals surface area contributed by atoms with Gasteiger partial charge in [0.25, 0.3) is 0 Å². The van der Waals surface area contributed by atoms with Crippen LogP contribution in [0.3, 0.4) is 0 Å². The Morgan fingerprint density at radius 3 is 2.19 bits per heavy atom. The molecule has 0 aromatic heterocycles. The third-order valence-electron chi connectivity index (χ3n) is 3.00. The van der Waals surface area contributed by atoms with Crippen LogP contribution in [0.15, 0.2) is 12.7 Å². The molecule has 0 aliphatic carbocycles. The molecular weight excluding hydrogens is 206 g/mol. The number of piperidine rings is 1. The Balaban J connectivity index is 2.78. The number of hydrogen-bond donors (Lipinski definition) is 0. The Bertz CT molecular complexity index is 279. The van der Waals surface area contributed by atoms with E-state index in [0.29, 0.717) is 12.8 Å². The van der Waals surface area contributed by atoms with E-state index < -0.39 is 17.0 Å². The van der Waals surface area contributed by atoms with E-state index >= 15 is 0 Å². The number of carbonyl (C=O) groups excluding carboxylic acids is 1. The summed E-state index contributed by atoms with van der Waals surface area (Å²) >= 11 is 0. The molecule has 0 saturated carbocycles. The predicted molar refractivity (Wildman–Crippen MR) is 62.7 cm³/mol. The molecule has 92 valence electrons. The van der Waals surface area contributed by atoms with Crippen LogP contribution in [0.4, 0.5) is 0 Å². The van der Waals surface area contributed by atoms with E-state index in [4.69, 9.17) is 4.74 Å². The summed E-state index contributed by atoms with van der Waals surface area (Å²) in [6, 6.07) is 0. The fraction of sp³-hybridized carbons (Fsp3) is 0.750. The van der Waals surface area contributed by atoms with Gasteiger partial charge in [-0.05, 0) is 27.7 Å². The number of carbonyl (C=O) groups is 1. The molecule has 0 aromatic carbocycles. The molecule has 0 unspecified atom stereocenters. The first-order valence-corrected chi connectivity index (χ1v) is 5.49. The summed E-state index contributed by atoms with van der Waals surface area (Å²) in [6.45, 7) is 10.8. The maximum Gasteiger partial charge on any atom is 0.330 e. The molecule has 16 heavy (non-hydrogen) atoms. The Morgan fingerprint density at radius 2 is 1.81 bits per heavy atom. The van der Waals surface area contributed by atoms with E-state index in [1.807, 2.05) is 27.7 Å². The molecule has 0 aromatic rings. The van der Waals surface area contributed by atoms with Gasteiger partial charge in [-0.3, -0.25) is 0 Å². The fourth-order valence-corrected chi connectivity index (χ4v) is 2.47. The second kappa shape index (κ2) is 4.18. The van der Waals surface area contributed by atoms with Gasteiger partial charge < -0.3 is 15.0 Å². The summed E-state index contributed by atoms with van der Waals surface area (Å²) in [5.41, 5.74) is -1.01. The topological polar surface area (TPSA) is 52.6 Å². The largest absolute Gasteiger partial charge is 0.784 e. The van der Waals surface area contributed by atoms with Gasteiger partial charge in [-0.2, -0.15) is 0 Å². The fourth-order valence-electron chi connectivity index (χ4n) is 2.47. The number of hydroxylamine groups is 2. The highest BCUT2D eigenvalue weighted by atomic mass is 16.5. The predicted octanol–water partition coefficient (Wildman–Crippen LogP) is 2.24. The minimum Gasteiger partial charge on any atom is -0.784 e. The van der Waals surface area contributed by atoms with Crippen molar-refractivity contribution in [1.82, 2.24) is 5.06 Å². The van der Waals surface area contributed by atoms with Crippen molar-refractivity contribution in [3.8, 4) is 0 Å². The van der Waals surface area contributed by atoms with Crippen LogP contribution in [0.2, 0.25) is 0 Å². The number of rotatable bonds is 2. The first-order valence-electron chi connectivity index (χ1n) is 5.49. The van der Waals surface area contributed by atoms with Gasteiger partial charge in [0.05, 0.1) is 0 Å². The monoisotopic (exact) mass is 226 g/mol. The molecule has 4 heteroatoms. The van der Waals surface area contributed by atoms with Crippen molar-refractivity contribution in [2.24, 2.45) is 0 Å². The smallest absolute Gasteiger partial charge is 0.330 e. The van der Waals surface area contributed by atoms with Gasteiger partial charge in [-0.25, -0.2) is 4.79 Å². The molecule has 4 nitrogen and oxygen atoms in total. The Hall–Kier alpha value is -0.870. The molecule has 0 spiro atoms. The van der Waals surface area contributed by atoms with Gasteiger partial charge >= 0.3 is 5.97 Å². The Labute approximate surface area is 96.8 Å². The number of esters is 1. The number of nitrogens with zero attached hydrogens (tertiary/aromatic N) is 1. The second-order valence-electron chi connectivity index (χ2n) is 5.59. The van der Waals surface area contributed by atoms with Crippen LogP contribution in [-0.4, -0.2) is 28.2 Å². The lowest BCUT2D eigenvalue weighted by Crippen LogP contribution is -2.59. The minimum atomic E-state index is -0.506. The standard InChI is InChI=1S/C12H20NO3/c1-6-10(14)16-9-7-11(2,3)13(15)12(4,5)8-9/h6,9H,1,7-8H2,2-5H3/q-1. The van der Waals surface area contributed by atoms with Crippen molar-refractivity contribution in [3.05, 3.63) is 17.9 Å². The lowest BCUT2D eigenvalue weighted by molar-refractivity contribution is -0.151. The lowest BCUT2D eigenvalue weighted by atomic mass is 9.80.